The van der Waals surface area contributed by atoms with Crippen molar-refractivity contribution in [3.63, 3.8) is 0 Å². The zero-order valence-electron chi connectivity index (χ0n) is 9.35. The molecule has 0 unspecified atom stereocenters. The minimum absolute atomic E-state index is 0.704. The second-order valence-electron chi connectivity index (χ2n) is 4.37. The molecule has 1 aliphatic rings. The van der Waals surface area contributed by atoms with E-state index in [0.29, 0.717) is 6.04 Å². The van der Waals surface area contributed by atoms with Crippen LogP contribution >= 0.6 is 0 Å². The maximum atomic E-state index is 4.25. The average molecular weight is 213 g/mol. The third-order valence-corrected chi connectivity index (χ3v) is 2.90. The molecule has 0 atom stereocenters. The lowest BCUT2D eigenvalue weighted by Gasteiger charge is -2.09. The van der Waals surface area contributed by atoms with Crippen LogP contribution in [0.4, 0.5) is 5.69 Å². The van der Waals surface area contributed by atoms with Crippen LogP contribution in [0.1, 0.15) is 18.4 Å². The van der Waals surface area contributed by atoms with Gasteiger partial charge in [0.25, 0.3) is 0 Å². The molecule has 1 aromatic heterocycles. The normalized spacial score (nSPS) is 15.1. The Morgan fingerprint density at radius 3 is 2.88 bits per heavy atom. The van der Waals surface area contributed by atoms with E-state index < -0.39 is 0 Å². The standard InChI is InChI=1S/C13H15N3/c1-10-9-12(15-11-3-4-11)5-6-13(10)16-8-2-7-14-16/h2,5-9,11,15H,3-4H2,1H3. The zero-order valence-corrected chi connectivity index (χ0v) is 9.35. The van der Waals surface area contributed by atoms with Gasteiger partial charge in [0.1, 0.15) is 0 Å². The van der Waals surface area contributed by atoms with Gasteiger partial charge in [0.05, 0.1) is 5.69 Å². The van der Waals surface area contributed by atoms with Gasteiger partial charge in [0.2, 0.25) is 0 Å². The molecule has 1 aliphatic carbocycles. The lowest BCUT2D eigenvalue weighted by Crippen LogP contribution is -2.03. The van der Waals surface area contributed by atoms with E-state index in [4.69, 9.17) is 0 Å². The largest absolute Gasteiger partial charge is 0.382 e. The minimum atomic E-state index is 0.704. The van der Waals surface area contributed by atoms with Crippen LogP contribution in [0.2, 0.25) is 0 Å². The lowest BCUT2D eigenvalue weighted by molar-refractivity contribution is 0.873. The van der Waals surface area contributed by atoms with Crippen LogP contribution in [0, 0.1) is 6.92 Å². The first-order valence-electron chi connectivity index (χ1n) is 5.70. The van der Waals surface area contributed by atoms with Gasteiger partial charge in [-0.05, 0) is 49.6 Å². The summed E-state index contributed by atoms with van der Waals surface area (Å²) in [4.78, 5) is 0. The first kappa shape index (κ1) is 9.46. The summed E-state index contributed by atoms with van der Waals surface area (Å²) in [5, 5.41) is 7.75. The van der Waals surface area contributed by atoms with Gasteiger partial charge in [0, 0.05) is 24.1 Å². The van der Waals surface area contributed by atoms with E-state index in [1.54, 1.807) is 6.20 Å². The maximum Gasteiger partial charge on any atom is 0.0676 e. The second-order valence-corrected chi connectivity index (χ2v) is 4.37. The van der Waals surface area contributed by atoms with Crippen LogP contribution in [0.3, 0.4) is 0 Å². The molecule has 3 rings (SSSR count). The molecule has 3 heteroatoms. The summed E-state index contributed by atoms with van der Waals surface area (Å²) in [5.41, 5.74) is 3.61. The van der Waals surface area contributed by atoms with Gasteiger partial charge in [-0.2, -0.15) is 5.10 Å². The fourth-order valence-electron chi connectivity index (χ4n) is 1.88. The van der Waals surface area contributed by atoms with Gasteiger partial charge in [-0.1, -0.05) is 0 Å². The molecule has 1 N–H and O–H groups in total. The van der Waals surface area contributed by atoms with Crippen LogP contribution < -0.4 is 5.32 Å². The van der Waals surface area contributed by atoms with Crippen molar-refractivity contribution in [1.29, 1.82) is 0 Å². The number of rotatable bonds is 3. The molecule has 0 spiro atoms. The number of anilines is 1. The number of aromatic nitrogens is 2. The smallest absolute Gasteiger partial charge is 0.0676 e. The van der Waals surface area contributed by atoms with Crippen molar-refractivity contribution < 1.29 is 0 Å². The van der Waals surface area contributed by atoms with Crippen molar-refractivity contribution in [2.24, 2.45) is 0 Å². The molecular weight excluding hydrogens is 198 g/mol. The molecule has 1 aromatic carbocycles. The maximum absolute atomic E-state index is 4.25. The summed E-state index contributed by atoms with van der Waals surface area (Å²) < 4.78 is 1.90. The van der Waals surface area contributed by atoms with Crippen LogP contribution in [0.5, 0.6) is 0 Å². The number of hydrogen-bond donors (Lipinski definition) is 1. The van der Waals surface area contributed by atoms with Crippen molar-refractivity contribution in [2.75, 3.05) is 5.32 Å². The SMILES string of the molecule is Cc1cc(NC2CC2)ccc1-n1cccn1. The van der Waals surface area contributed by atoms with Crippen molar-refractivity contribution in [3.8, 4) is 5.69 Å². The van der Waals surface area contributed by atoms with Crippen LogP contribution in [0.25, 0.3) is 5.69 Å². The van der Waals surface area contributed by atoms with E-state index in [2.05, 4.69) is 35.5 Å². The summed E-state index contributed by atoms with van der Waals surface area (Å²) in [7, 11) is 0. The average Bonchev–Trinajstić information content (AvgIpc) is 2.92. The van der Waals surface area contributed by atoms with E-state index in [0.717, 1.165) is 5.69 Å². The first-order valence-corrected chi connectivity index (χ1v) is 5.70. The quantitative estimate of drug-likeness (QED) is 0.849. The highest BCUT2D eigenvalue weighted by Crippen LogP contribution is 2.26. The van der Waals surface area contributed by atoms with E-state index in [1.165, 1.54) is 24.1 Å². The number of nitrogens with one attached hydrogen (secondary N) is 1. The van der Waals surface area contributed by atoms with Gasteiger partial charge in [-0.3, -0.25) is 0 Å². The van der Waals surface area contributed by atoms with Gasteiger partial charge < -0.3 is 5.32 Å². The molecule has 16 heavy (non-hydrogen) atoms. The molecule has 1 saturated carbocycles. The number of benzene rings is 1. The van der Waals surface area contributed by atoms with E-state index >= 15 is 0 Å². The number of nitrogens with zero attached hydrogens (tertiary/aromatic N) is 2. The Balaban J connectivity index is 1.90. The Hall–Kier alpha value is -1.77. The summed E-state index contributed by atoms with van der Waals surface area (Å²) in [6.45, 7) is 2.12. The highest BCUT2D eigenvalue weighted by atomic mass is 15.3. The van der Waals surface area contributed by atoms with Crippen molar-refractivity contribution in [2.45, 2.75) is 25.8 Å². The third-order valence-electron chi connectivity index (χ3n) is 2.90. The Labute approximate surface area is 95.1 Å². The Kier molecular flexibility index (Phi) is 2.17. The Morgan fingerprint density at radius 1 is 1.38 bits per heavy atom. The molecular formula is C13H15N3. The third kappa shape index (κ3) is 1.81. The van der Waals surface area contributed by atoms with Crippen molar-refractivity contribution in [3.05, 3.63) is 42.2 Å². The van der Waals surface area contributed by atoms with Crippen LogP contribution in [-0.4, -0.2) is 15.8 Å². The van der Waals surface area contributed by atoms with Gasteiger partial charge in [-0.25, -0.2) is 4.68 Å². The molecule has 82 valence electrons. The van der Waals surface area contributed by atoms with Gasteiger partial charge in [0.15, 0.2) is 0 Å². The summed E-state index contributed by atoms with van der Waals surface area (Å²) >= 11 is 0. The van der Waals surface area contributed by atoms with Crippen molar-refractivity contribution >= 4 is 5.69 Å². The van der Waals surface area contributed by atoms with Crippen LogP contribution in [-0.2, 0) is 0 Å². The Morgan fingerprint density at radius 2 is 2.25 bits per heavy atom. The summed E-state index contributed by atoms with van der Waals surface area (Å²) in [5.74, 6) is 0. The predicted molar refractivity (Wildman–Crippen MR) is 64.9 cm³/mol. The van der Waals surface area contributed by atoms with E-state index in [1.807, 2.05) is 16.9 Å². The monoisotopic (exact) mass is 213 g/mol. The zero-order chi connectivity index (χ0) is 11.0. The molecule has 0 saturated heterocycles. The predicted octanol–water partition coefficient (Wildman–Crippen LogP) is 2.76. The van der Waals surface area contributed by atoms with Crippen molar-refractivity contribution in [1.82, 2.24) is 9.78 Å². The highest BCUT2D eigenvalue weighted by molar-refractivity contribution is 5.54. The second kappa shape index (κ2) is 3.67. The molecule has 0 radical (unpaired) electrons. The first-order chi connectivity index (χ1) is 7.83. The molecule has 3 nitrogen and oxygen atoms in total. The molecule has 2 aromatic rings. The fourth-order valence-corrected chi connectivity index (χ4v) is 1.88. The van der Waals surface area contributed by atoms with E-state index in [9.17, 15) is 0 Å². The lowest BCUT2D eigenvalue weighted by atomic mass is 10.2. The van der Waals surface area contributed by atoms with E-state index in [-0.39, 0.29) is 0 Å². The molecule has 1 heterocycles. The number of hydrogen-bond acceptors (Lipinski definition) is 2. The van der Waals surface area contributed by atoms with Gasteiger partial charge in [-0.15, -0.1) is 0 Å². The molecule has 0 amide bonds. The fraction of sp³-hybridized carbons (Fsp3) is 0.308. The topological polar surface area (TPSA) is 29.9 Å². The Bertz CT molecular complexity index is 484. The summed E-state index contributed by atoms with van der Waals surface area (Å²) in [6, 6.07) is 9.08. The highest BCUT2D eigenvalue weighted by Gasteiger charge is 2.20. The molecule has 0 aliphatic heterocycles. The van der Waals surface area contributed by atoms with Gasteiger partial charge >= 0.3 is 0 Å². The molecule has 1 fully saturated rings. The molecule has 0 bridgehead atoms. The number of aryl methyl sites for hydroxylation is 1. The minimum Gasteiger partial charge on any atom is -0.382 e. The summed E-state index contributed by atoms with van der Waals surface area (Å²) in [6.07, 6.45) is 6.38. The van der Waals surface area contributed by atoms with Crippen LogP contribution in [0.15, 0.2) is 36.7 Å².